The third-order valence-electron chi connectivity index (χ3n) is 7.98. The van der Waals surface area contributed by atoms with E-state index in [0.29, 0.717) is 11.5 Å². The highest BCUT2D eigenvalue weighted by Gasteiger charge is 2.44. The van der Waals surface area contributed by atoms with Crippen LogP contribution in [0, 0.1) is 33.1 Å². The predicted molar refractivity (Wildman–Crippen MR) is 131 cm³/mol. The number of hydrogen-bond acceptors (Lipinski definition) is 2. The van der Waals surface area contributed by atoms with Gasteiger partial charge in [-0.2, -0.15) is 0 Å². The number of aromatic hydroxyl groups is 2. The Hall–Kier alpha value is -2.48. The van der Waals surface area contributed by atoms with Crippen molar-refractivity contribution in [1.82, 2.24) is 0 Å². The summed E-state index contributed by atoms with van der Waals surface area (Å²) in [5, 5.41) is 20.5. The van der Waals surface area contributed by atoms with Gasteiger partial charge in [0, 0.05) is 5.41 Å². The summed E-state index contributed by atoms with van der Waals surface area (Å²) < 4.78 is 0. The van der Waals surface area contributed by atoms with Crippen LogP contribution in [0.15, 0.2) is 48.1 Å². The molecular formula is C29H38O2. The minimum Gasteiger partial charge on any atom is -0.507 e. The van der Waals surface area contributed by atoms with Crippen LogP contribution >= 0.6 is 0 Å². The average Bonchev–Trinajstić information content (AvgIpc) is 2.69. The number of rotatable bonds is 4. The topological polar surface area (TPSA) is 40.5 Å². The first-order valence-electron chi connectivity index (χ1n) is 11.2. The maximum atomic E-state index is 10.3. The summed E-state index contributed by atoms with van der Waals surface area (Å²) in [4.78, 5) is 0. The molecule has 2 aromatic rings. The first-order valence-corrected chi connectivity index (χ1v) is 11.2. The Labute approximate surface area is 188 Å². The van der Waals surface area contributed by atoms with Gasteiger partial charge >= 0.3 is 0 Å². The molecule has 1 atom stereocenters. The Bertz CT molecular complexity index is 1040. The second-order valence-electron chi connectivity index (χ2n) is 10.8. The second kappa shape index (κ2) is 7.58. The Balaban J connectivity index is 2.02. The number of aryl methyl sites for hydroxylation is 4. The van der Waals surface area contributed by atoms with Gasteiger partial charge in [-0.15, -0.1) is 0 Å². The number of phenolic OH excluding ortho intramolecular Hbond substituents is 2. The second-order valence-corrected chi connectivity index (χ2v) is 10.8. The molecule has 2 aromatic carbocycles. The molecule has 0 spiro atoms. The summed E-state index contributed by atoms with van der Waals surface area (Å²) in [7, 11) is 0. The monoisotopic (exact) mass is 418 g/mol. The van der Waals surface area contributed by atoms with Crippen LogP contribution in [0.2, 0.25) is 0 Å². The number of benzene rings is 2. The van der Waals surface area contributed by atoms with E-state index < -0.39 is 0 Å². The van der Waals surface area contributed by atoms with Gasteiger partial charge in [0.05, 0.1) is 0 Å². The molecule has 0 fully saturated rings. The molecule has 3 rings (SSSR count). The molecule has 0 radical (unpaired) electrons. The molecule has 0 saturated heterocycles. The van der Waals surface area contributed by atoms with Gasteiger partial charge in [-0.1, -0.05) is 82.7 Å². The molecule has 0 amide bonds. The average molecular weight is 419 g/mol. The van der Waals surface area contributed by atoms with Crippen LogP contribution in [0.25, 0.3) is 0 Å². The van der Waals surface area contributed by atoms with E-state index in [1.54, 1.807) is 0 Å². The van der Waals surface area contributed by atoms with Gasteiger partial charge in [-0.25, -0.2) is 0 Å². The molecular weight excluding hydrogens is 380 g/mol. The van der Waals surface area contributed by atoms with E-state index in [4.69, 9.17) is 0 Å². The highest BCUT2D eigenvalue weighted by Crippen LogP contribution is 2.52. The lowest BCUT2D eigenvalue weighted by Crippen LogP contribution is -2.40. The van der Waals surface area contributed by atoms with Crippen molar-refractivity contribution in [3.8, 4) is 11.5 Å². The highest BCUT2D eigenvalue weighted by molar-refractivity contribution is 5.50. The van der Waals surface area contributed by atoms with Crippen molar-refractivity contribution in [3.05, 3.63) is 81.4 Å². The molecule has 2 N–H and O–H groups in total. The molecule has 1 unspecified atom stereocenters. The number of hydrogen-bond donors (Lipinski definition) is 2. The molecule has 0 bridgehead atoms. The molecule has 2 nitrogen and oxygen atoms in total. The summed E-state index contributed by atoms with van der Waals surface area (Å²) in [6.07, 6.45) is 7.77. The summed E-state index contributed by atoms with van der Waals surface area (Å²) >= 11 is 0. The molecule has 1 aliphatic rings. The van der Waals surface area contributed by atoms with Crippen LogP contribution in [0.3, 0.4) is 0 Å². The first-order chi connectivity index (χ1) is 14.2. The molecule has 0 aliphatic heterocycles. The number of allylic oxidation sites excluding steroid dienone is 4. The van der Waals surface area contributed by atoms with Gasteiger partial charge in [-0.3, -0.25) is 0 Å². The fourth-order valence-electron chi connectivity index (χ4n) is 4.90. The predicted octanol–water partition coefficient (Wildman–Crippen LogP) is 7.48. The summed E-state index contributed by atoms with van der Waals surface area (Å²) in [5.41, 5.74) is 7.24. The van der Waals surface area contributed by atoms with Crippen LogP contribution in [-0.4, -0.2) is 10.2 Å². The largest absolute Gasteiger partial charge is 0.507 e. The maximum Gasteiger partial charge on any atom is 0.121 e. The van der Waals surface area contributed by atoms with E-state index in [2.05, 4.69) is 77.1 Å². The van der Waals surface area contributed by atoms with Gasteiger partial charge in [0.15, 0.2) is 0 Å². The molecule has 2 heteroatoms. The Morgan fingerprint density at radius 1 is 0.742 bits per heavy atom. The van der Waals surface area contributed by atoms with E-state index >= 15 is 0 Å². The normalized spacial score (nSPS) is 19.5. The van der Waals surface area contributed by atoms with Crippen molar-refractivity contribution in [3.63, 3.8) is 0 Å². The summed E-state index contributed by atoms with van der Waals surface area (Å²) in [6, 6.07) is 8.52. The molecule has 0 saturated carbocycles. The maximum absolute atomic E-state index is 10.3. The lowest BCUT2D eigenvalue weighted by molar-refractivity contribution is 0.226. The lowest BCUT2D eigenvalue weighted by atomic mass is 9.56. The van der Waals surface area contributed by atoms with Crippen LogP contribution < -0.4 is 0 Å². The Kier molecular flexibility index (Phi) is 5.67. The fourth-order valence-corrected chi connectivity index (χ4v) is 4.90. The zero-order chi connectivity index (χ0) is 23.4. The zero-order valence-electron chi connectivity index (χ0n) is 20.6. The first kappa shape index (κ1) is 23.2. The van der Waals surface area contributed by atoms with Crippen LogP contribution in [-0.2, 0) is 10.8 Å². The van der Waals surface area contributed by atoms with E-state index in [1.807, 2.05) is 27.7 Å². The van der Waals surface area contributed by atoms with Crippen molar-refractivity contribution >= 4 is 0 Å². The third-order valence-corrected chi connectivity index (χ3v) is 7.98. The van der Waals surface area contributed by atoms with Gasteiger partial charge < -0.3 is 10.2 Å². The van der Waals surface area contributed by atoms with Crippen molar-refractivity contribution in [2.45, 2.75) is 79.6 Å². The Morgan fingerprint density at radius 2 is 1.16 bits per heavy atom. The molecule has 166 valence electrons. The van der Waals surface area contributed by atoms with Crippen molar-refractivity contribution in [1.29, 1.82) is 0 Å². The molecule has 1 aliphatic carbocycles. The van der Waals surface area contributed by atoms with Crippen LogP contribution in [0.4, 0.5) is 0 Å². The van der Waals surface area contributed by atoms with Crippen molar-refractivity contribution in [2.75, 3.05) is 0 Å². The smallest absolute Gasteiger partial charge is 0.121 e. The highest BCUT2D eigenvalue weighted by atomic mass is 16.3. The standard InChI is InChI=1S/C29H38O2/c1-18-13-23(14-19(2)25(18)30)27(5,6)22-11-10-12-29(9,17-22)28(7,8)24-15-20(3)26(31)21(4)16-24/h10-16,30-31H,17H2,1-9H3. The van der Waals surface area contributed by atoms with Crippen molar-refractivity contribution in [2.24, 2.45) is 5.41 Å². The zero-order valence-corrected chi connectivity index (χ0v) is 20.6. The Morgan fingerprint density at radius 3 is 1.61 bits per heavy atom. The van der Waals surface area contributed by atoms with Gasteiger partial charge in [-0.05, 0) is 78.3 Å². The van der Waals surface area contributed by atoms with Crippen molar-refractivity contribution < 1.29 is 10.2 Å². The minimum atomic E-state index is -0.147. The number of phenols is 2. The van der Waals surface area contributed by atoms with E-state index in [1.165, 1.54) is 16.7 Å². The lowest BCUT2D eigenvalue weighted by Gasteiger charge is -2.47. The minimum absolute atomic E-state index is 0.0782. The third kappa shape index (κ3) is 3.82. The molecule has 0 aromatic heterocycles. The van der Waals surface area contributed by atoms with E-state index in [9.17, 15) is 10.2 Å². The molecule has 31 heavy (non-hydrogen) atoms. The van der Waals surface area contributed by atoms with Gasteiger partial charge in [0.1, 0.15) is 11.5 Å². The van der Waals surface area contributed by atoms with Crippen LogP contribution in [0.1, 0.15) is 74.4 Å². The van der Waals surface area contributed by atoms with Crippen LogP contribution in [0.5, 0.6) is 11.5 Å². The SMILES string of the molecule is Cc1cc(C(C)(C)C2=CC=CC(C)(C(C)(C)c3cc(C)c(O)c(C)c3)C2)cc(C)c1O. The fraction of sp³-hybridized carbons (Fsp3) is 0.448. The molecule has 0 heterocycles. The van der Waals surface area contributed by atoms with E-state index in [-0.39, 0.29) is 16.2 Å². The summed E-state index contributed by atoms with van der Waals surface area (Å²) in [6.45, 7) is 19.4. The quantitative estimate of drug-likeness (QED) is 0.540. The van der Waals surface area contributed by atoms with Gasteiger partial charge in [0.2, 0.25) is 0 Å². The summed E-state index contributed by atoms with van der Waals surface area (Å²) in [5.74, 6) is 0.782. The van der Waals surface area contributed by atoms with Gasteiger partial charge in [0.25, 0.3) is 0 Å². The van der Waals surface area contributed by atoms with E-state index in [0.717, 1.165) is 28.7 Å².